The molecule has 1 aromatic rings. The Morgan fingerprint density at radius 2 is 2.21 bits per heavy atom. The highest BCUT2D eigenvalue weighted by atomic mass is 32.1. The highest BCUT2D eigenvalue weighted by Crippen LogP contribution is 2.19. The molecule has 0 radical (unpaired) electrons. The van der Waals surface area contributed by atoms with Crippen LogP contribution in [0.25, 0.3) is 0 Å². The van der Waals surface area contributed by atoms with Crippen molar-refractivity contribution >= 4 is 11.3 Å². The molecular weight excluding hydrogens is 194 g/mol. The lowest BCUT2D eigenvalue weighted by Crippen LogP contribution is -2.35. The molecule has 1 fully saturated rings. The van der Waals surface area contributed by atoms with E-state index >= 15 is 0 Å². The number of morpholine rings is 1. The fourth-order valence-corrected chi connectivity index (χ4v) is 2.80. The SMILES string of the molecule is CCc1ccsc1CN1CCOCC1. The van der Waals surface area contributed by atoms with Gasteiger partial charge in [-0.15, -0.1) is 11.3 Å². The van der Waals surface area contributed by atoms with Crippen molar-refractivity contribution in [1.29, 1.82) is 0 Å². The Morgan fingerprint density at radius 1 is 1.43 bits per heavy atom. The third-order valence-corrected chi connectivity index (χ3v) is 3.64. The summed E-state index contributed by atoms with van der Waals surface area (Å²) >= 11 is 1.89. The van der Waals surface area contributed by atoms with E-state index in [2.05, 4.69) is 23.3 Å². The van der Waals surface area contributed by atoms with Gasteiger partial charge in [0.25, 0.3) is 0 Å². The molecule has 2 nitrogen and oxygen atoms in total. The Hall–Kier alpha value is -0.380. The first-order chi connectivity index (χ1) is 6.90. The topological polar surface area (TPSA) is 12.5 Å². The lowest BCUT2D eigenvalue weighted by atomic mass is 10.2. The maximum Gasteiger partial charge on any atom is 0.0594 e. The molecule has 0 atom stereocenters. The van der Waals surface area contributed by atoms with Crippen LogP contribution in [0, 0.1) is 0 Å². The molecule has 0 N–H and O–H groups in total. The third-order valence-electron chi connectivity index (χ3n) is 2.69. The number of hydrogen-bond donors (Lipinski definition) is 0. The summed E-state index contributed by atoms with van der Waals surface area (Å²) in [6, 6.07) is 2.25. The molecule has 0 saturated carbocycles. The van der Waals surface area contributed by atoms with E-state index in [-0.39, 0.29) is 0 Å². The molecule has 2 rings (SSSR count). The monoisotopic (exact) mass is 211 g/mol. The van der Waals surface area contributed by atoms with Crippen LogP contribution in [0.3, 0.4) is 0 Å². The molecule has 0 amide bonds. The molecule has 0 unspecified atom stereocenters. The largest absolute Gasteiger partial charge is 0.379 e. The van der Waals surface area contributed by atoms with Gasteiger partial charge in [0, 0.05) is 24.5 Å². The molecule has 3 heteroatoms. The zero-order chi connectivity index (χ0) is 9.80. The highest BCUT2D eigenvalue weighted by molar-refractivity contribution is 7.10. The minimum atomic E-state index is 0.896. The van der Waals surface area contributed by atoms with Crippen LogP contribution in [0.2, 0.25) is 0 Å². The second-order valence-corrected chi connectivity index (χ2v) is 4.61. The fraction of sp³-hybridized carbons (Fsp3) is 0.636. The van der Waals surface area contributed by atoms with E-state index in [1.165, 1.54) is 10.4 Å². The zero-order valence-electron chi connectivity index (χ0n) is 8.66. The first-order valence-corrected chi connectivity index (χ1v) is 6.13. The lowest BCUT2D eigenvalue weighted by molar-refractivity contribution is 0.0345. The van der Waals surface area contributed by atoms with Crippen molar-refractivity contribution in [3.05, 3.63) is 21.9 Å². The zero-order valence-corrected chi connectivity index (χ0v) is 9.48. The van der Waals surface area contributed by atoms with E-state index in [1.807, 2.05) is 11.3 Å². The predicted molar refractivity (Wildman–Crippen MR) is 59.8 cm³/mol. The van der Waals surface area contributed by atoms with Gasteiger partial charge >= 0.3 is 0 Å². The molecule has 1 saturated heterocycles. The van der Waals surface area contributed by atoms with Crippen LogP contribution in [0.15, 0.2) is 11.4 Å². The molecular formula is C11H17NOS. The van der Waals surface area contributed by atoms with E-state index < -0.39 is 0 Å². The van der Waals surface area contributed by atoms with Gasteiger partial charge in [-0.1, -0.05) is 6.92 Å². The summed E-state index contributed by atoms with van der Waals surface area (Å²) in [5, 5.41) is 2.20. The van der Waals surface area contributed by atoms with E-state index in [0.29, 0.717) is 0 Å². The summed E-state index contributed by atoms with van der Waals surface area (Å²) in [6.07, 6.45) is 1.16. The first kappa shape index (κ1) is 10.1. The maximum absolute atomic E-state index is 5.34. The van der Waals surface area contributed by atoms with Crippen molar-refractivity contribution in [1.82, 2.24) is 4.90 Å². The molecule has 0 aromatic carbocycles. The minimum Gasteiger partial charge on any atom is -0.379 e. The fourth-order valence-electron chi connectivity index (χ4n) is 1.78. The number of ether oxygens (including phenoxy) is 1. The Morgan fingerprint density at radius 3 is 2.93 bits per heavy atom. The van der Waals surface area contributed by atoms with Crippen molar-refractivity contribution in [3.8, 4) is 0 Å². The molecule has 0 bridgehead atoms. The summed E-state index contributed by atoms with van der Waals surface area (Å²) < 4.78 is 5.34. The van der Waals surface area contributed by atoms with Crippen LogP contribution < -0.4 is 0 Å². The van der Waals surface area contributed by atoms with Gasteiger partial charge in [-0.2, -0.15) is 0 Å². The third kappa shape index (κ3) is 2.35. The van der Waals surface area contributed by atoms with Crippen LogP contribution >= 0.6 is 11.3 Å². The second-order valence-electron chi connectivity index (χ2n) is 3.61. The average Bonchev–Trinajstić information content (AvgIpc) is 2.67. The number of hydrogen-bond acceptors (Lipinski definition) is 3. The van der Waals surface area contributed by atoms with Gasteiger partial charge < -0.3 is 4.74 Å². The van der Waals surface area contributed by atoms with Crippen LogP contribution in [0.5, 0.6) is 0 Å². The van der Waals surface area contributed by atoms with Crippen molar-refractivity contribution < 1.29 is 4.74 Å². The lowest BCUT2D eigenvalue weighted by Gasteiger charge is -2.26. The van der Waals surface area contributed by atoms with Gasteiger partial charge in [0.1, 0.15) is 0 Å². The van der Waals surface area contributed by atoms with Gasteiger partial charge in [-0.3, -0.25) is 4.90 Å². The van der Waals surface area contributed by atoms with Crippen molar-refractivity contribution in [2.45, 2.75) is 19.9 Å². The Kier molecular flexibility index (Phi) is 3.56. The van der Waals surface area contributed by atoms with E-state index in [0.717, 1.165) is 39.3 Å². The van der Waals surface area contributed by atoms with E-state index in [1.54, 1.807) is 0 Å². The number of aryl methyl sites for hydroxylation is 1. The normalized spacial score (nSPS) is 18.6. The van der Waals surface area contributed by atoms with Gasteiger partial charge in [0.05, 0.1) is 13.2 Å². The van der Waals surface area contributed by atoms with Gasteiger partial charge in [0.2, 0.25) is 0 Å². The van der Waals surface area contributed by atoms with Crippen LogP contribution in [-0.2, 0) is 17.7 Å². The van der Waals surface area contributed by atoms with Gasteiger partial charge in [-0.25, -0.2) is 0 Å². The molecule has 1 aliphatic heterocycles. The highest BCUT2D eigenvalue weighted by Gasteiger charge is 2.12. The standard InChI is InChI=1S/C11H17NOS/c1-2-10-3-8-14-11(10)9-12-4-6-13-7-5-12/h3,8H,2,4-7,9H2,1H3. The summed E-state index contributed by atoms with van der Waals surface area (Å²) in [7, 11) is 0. The van der Waals surface area contributed by atoms with Crippen molar-refractivity contribution in [3.63, 3.8) is 0 Å². The Labute approximate surface area is 89.5 Å². The van der Waals surface area contributed by atoms with Crippen molar-refractivity contribution in [2.24, 2.45) is 0 Å². The number of nitrogens with zero attached hydrogens (tertiary/aromatic N) is 1. The summed E-state index contributed by atoms with van der Waals surface area (Å²) in [5.74, 6) is 0. The quantitative estimate of drug-likeness (QED) is 0.759. The molecule has 2 heterocycles. The Bertz CT molecular complexity index is 279. The Balaban J connectivity index is 1.95. The molecule has 0 aliphatic carbocycles. The molecule has 1 aromatic heterocycles. The van der Waals surface area contributed by atoms with Gasteiger partial charge in [-0.05, 0) is 23.4 Å². The number of thiophene rings is 1. The van der Waals surface area contributed by atoms with E-state index in [9.17, 15) is 0 Å². The summed E-state index contributed by atoms with van der Waals surface area (Å²) in [5.41, 5.74) is 1.52. The molecule has 14 heavy (non-hydrogen) atoms. The van der Waals surface area contributed by atoms with Crippen LogP contribution in [0.4, 0.5) is 0 Å². The molecule has 0 spiro atoms. The predicted octanol–water partition coefficient (Wildman–Crippen LogP) is 2.14. The minimum absolute atomic E-state index is 0.896. The van der Waals surface area contributed by atoms with Crippen LogP contribution in [-0.4, -0.2) is 31.2 Å². The smallest absolute Gasteiger partial charge is 0.0594 e. The summed E-state index contributed by atoms with van der Waals surface area (Å²) in [6.45, 7) is 7.30. The van der Waals surface area contributed by atoms with Gasteiger partial charge in [0.15, 0.2) is 0 Å². The van der Waals surface area contributed by atoms with Crippen LogP contribution in [0.1, 0.15) is 17.4 Å². The second kappa shape index (κ2) is 4.91. The average molecular weight is 211 g/mol. The number of rotatable bonds is 3. The van der Waals surface area contributed by atoms with Crippen molar-refractivity contribution in [2.75, 3.05) is 26.3 Å². The van der Waals surface area contributed by atoms with E-state index in [4.69, 9.17) is 4.74 Å². The molecule has 1 aliphatic rings. The summed E-state index contributed by atoms with van der Waals surface area (Å²) in [4.78, 5) is 4.02. The first-order valence-electron chi connectivity index (χ1n) is 5.25. The molecule has 78 valence electrons. The maximum atomic E-state index is 5.34.